The predicted octanol–water partition coefficient (Wildman–Crippen LogP) is 2.65. The molecule has 0 saturated carbocycles. The average Bonchev–Trinajstić information content (AvgIpc) is 2.56. The van der Waals surface area contributed by atoms with Crippen LogP contribution in [0.1, 0.15) is 26.7 Å². The summed E-state index contributed by atoms with van der Waals surface area (Å²) in [5.41, 5.74) is 0.405. The largest absolute Gasteiger partial charge is 0.486 e. The van der Waals surface area contributed by atoms with Crippen LogP contribution in [0.25, 0.3) is 0 Å². The van der Waals surface area contributed by atoms with Crippen molar-refractivity contribution in [3.63, 3.8) is 0 Å². The van der Waals surface area contributed by atoms with E-state index in [4.69, 9.17) is 9.47 Å². The fourth-order valence-corrected chi connectivity index (χ4v) is 3.47. The normalized spacial score (nSPS) is 24.6. The van der Waals surface area contributed by atoms with Gasteiger partial charge >= 0.3 is 0 Å². The van der Waals surface area contributed by atoms with Crippen molar-refractivity contribution in [2.75, 3.05) is 33.3 Å². The molecule has 2 heterocycles. The molecule has 23 heavy (non-hydrogen) atoms. The molecule has 1 fully saturated rings. The number of nitrogens with zero attached hydrogens (tertiary/aromatic N) is 1. The van der Waals surface area contributed by atoms with Crippen LogP contribution in [0.2, 0.25) is 0 Å². The number of likely N-dealkylation sites (tertiary alicyclic amines) is 1. The summed E-state index contributed by atoms with van der Waals surface area (Å²) in [6.07, 6.45) is 2.61. The second-order valence-corrected chi connectivity index (χ2v) is 6.96. The van der Waals surface area contributed by atoms with Crippen LogP contribution in [0.5, 0.6) is 11.5 Å². The van der Waals surface area contributed by atoms with Gasteiger partial charge in [-0.2, -0.15) is 13.5 Å². The first kappa shape index (κ1) is 18.4. The second-order valence-electron chi connectivity index (χ2n) is 6.96. The smallest absolute Gasteiger partial charge is 0.161 e. The van der Waals surface area contributed by atoms with E-state index in [0.29, 0.717) is 18.1 Å². The van der Waals surface area contributed by atoms with E-state index in [0.717, 1.165) is 31.1 Å². The Morgan fingerprint density at radius 2 is 1.91 bits per heavy atom. The standard InChI is InChI=1S/C18H28N2O2.H2S/c1-14(19-3)18(2)8-10-20(11-9-18)12-15-13-21-16-6-4-5-7-17(16)22-15;/h4-7,14-15,19H,8-13H2,1-3H3;1H2/t14?,15-;/m0./s1. The maximum atomic E-state index is 6.08. The predicted molar refractivity (Wildman–Crippen MR) is 99.0 cm³/mol. The van der Waals surface area contributed by atoms with Crippen molar-refractivity contribution in [3.05, 3.63) is 24.3 Å². The molecule has 0 aliphatic carbocycles. The topological polar surface area (TPSA) is 33.7 Å². The highest BCUT2D eigenvalue weighted by Crippen LogP contribution is 2.35. The van der Waals surface area contributed by atoms with Crippen molar-refractivity contribution in [2.45, 2.75) is 38.8 Å². The van der Waals surface area contributed by atoms with Gasteiger partial charge in [0.1, 0.15) is 12.7 Å². The van der Waals surface area contributed by atoms with E-state index in [1.807, 2.05) is 24.3 Å². The number of nitrogens with one attached hydrogen (secondary N) is 1. The molecule has 2 atom stereocenters. The quantitative estimate of drug-likeness (QED) is 0.915. The highest BCUT2D eigenvalue weighted by Gasteiger charge is 2.35. The zero-order valence-corrected chi connectivity index (χ0v) is 15.5. The highest BCUT2D eigenvalue weighted by molar-refractivity contribution is 7.59. The third kappa shape index (κ3) is 4.14. The van der Waals surface area contributed by atoms with Crippen molar-refractivity contribution in [2.24, 2.45) is 5.41 Å². The van der Waals surface area contributed by atoms with E-state index in [1.165, 1.54) is 12.8 Å². The van der Waals surface area contributed by atoms with Gasteiger partial charge in [0, 0.05) is 12.6 Å². The Labute approximate surface area is 147 Å². The molecule has 2 aliphatic heterocycles. The van der Waals surface area contributed by atoms with Crippen LogP contribution in [-0.2, 0) is 0 Å². The SMILES string of the molecule is CNC(C)C1(C)CCN(C[C@H]2COc3ccccc3O2)CC1.S. The summed E-state index contributed by atoms with van der Waals surface area (Å²) in [5.74, 6) is 1.75. The van der Waals surface area contributed by atoms with Gasteiger partial charge in [0.05, 0.1) is 0 Å². The van der Waals surface area contributed by atoms with Gasteiger partial charge in [-0.1, -0.05) is 19.1 Å². The molecular weight excluding hydrogens is 308 g/mol. The van der Waals surface area contributed by atoms with E-state index >= 15 is 0 Å². The van der Waals surface area contributed by atoms with Gasteiger partial charge in [0.2, 0.25) is 0 Å². The summed E-state index contributed by atoms with van der Waals surface area (Å²) >= 11 is 0. The molecule has 0 aromatic heterocycles. The lowest BCUT2D eigenvalue weighted by Crippen LogP contribution is -2.50. The lowest BCUT2D eigenvalue weighted by atomic mass is 9.75. The molecule has 0 bridgehead atoms. The first-order valence-electron chi connectivity index (χ1n) is 8.39. The molecule has 0 amide bonds. The minimum Gasteiger partial charge on any atom is -0.486 e. The van der Waals surface area contributed by atoms with Crippen molar-refractivity contribution < 1.29 is 9.47 Å². The van der Waals surface area contributed by atoms with Crippen molar-refractivity contribution >= 4 is 13.5 Å². The van der Waals surface area contributed by atoms with Crippen molar-refractivity contribution in [1.82, 2.24) is 10.2 Å². The van der Waals surface area contributed by atoms with Crippen LogP contribution >= 0.6 is 13.5 Å². The van der Waals surface area contributed by atoms with Gasteiger partial charge in [-0.05, 0) is 57.5 Å². The second kappa shape index (κ2) is 7.77. The first-order chi connectivity index (χ1) is 10.6. The molecule has 4 nitrogen and oxygen atoms in total. The first-order valence-corrected chi connectivity index (χ1v) is 8.39. The third-order valence-corrected chi connectivity index (χ3v) is 5.51. The Kier molecular flexibility index (Phi) is 6.23. The molecule has 1 N–H and O–H groups in total. The number of ether oxygens (including phenoxy) is 2. The molecule has 0 spiro atoms. The minimum atomic E-state index is 0. The van der Waals surface area contributed by atoms with Crippen LogP contribution in [0.4, 0.5) is 0 Å². The third-order valence-electron chi connectivity index (χ3n) is 5.51. The summed E-state index contributed by atoms with van der Waals surface area (Å²) in [6.45, 7) is 8.59. The van der Waals surface area contributed by atoms with Crippen LogP contribution < -0.4 is 14.8 Å². The molecular formula is C18H30N2O2S. The maximum absolute atomic E-state index is 6.08. The van der Waals surface area contributed by atoms with E-state index in [2.05, 4.69) is 31.1 Å². The summed E-state index contributed by atoms with van der Waals surface area (Å²) in [5, 5.41) is 3.42. The average molecular weight is 339 g/mol. The van der Waals surface area contributed by atoms with Crippen LogP contribution in [-0.4, -0.2) is 50.3 Å². The van der Waals surface area contributed by atoms with Crippen LogP contribution in [0, 0.1) is 5.41 Å². The monoisotopic (exact) mass is 338 g/mol. The molecule has 1 aromatic carbocycles. The highest BCUT2D eigenvalue weighted by atomic mass is 32.1. The number of hydrogen-bond acceptors (Lipinski definition) is 4. The Bertz CT molecular complexity index is 504. The molecule has 130 valence electrons. The van der Waals surface area contributed by atoms with Gasteiger partial charge in [0.25, 0.3) is 0 Å². The maximum Gasteiger partial charge on any atom is 0.161 e. The van der Waals surface area contributed by atoms with Gasteiger partial charge in [0.15, 0.2) is 11.5 Å². The Balaban J connectivity index is 0.00000192. The van der Waals surface area contributed by atoms with Crippen molar-refractivity contribution in [3.8, 4) is 11.5 Å². The van der Waals surface area contributed by atoms with Gasteiger partial charge in [-0.3, -0.25) is 4.90 Å². The summed E-state index contributed by atoms with van der Waals surface area (Å²) in [7, 11) is 2.06. The summed E-state index contributed by atoms with van der Waals surface area (Å²) in [4.78, 5) is 2.52. The fourth-order valence-electron chi connectivity index (χ4n) is 3.47. The molecule has 2 aliphatic rings. The van der Waals surface area contributed by atoms with E-state index < -0.39 is 0 Å². The summed E-state index contributed by atoms with van der Waals surface area (Å²) in [6, 6.07) is 8.50. The molecule has 5 heteroatoms. The zero-order chi connectivity index (χ0) is 15.6. The lowest BCUT2D eigenvalue weighted by Gasteiger charge is -2.44. The number of fused-ring (bicyclic) bond motifs is 1. The van der Waals surface area contributed by atoms with E-state index in [9.17, 15) is 0 Å². The molecule has 1 unspecified atom stereocenters. The number of hydrogen-bond donors (Lipinski definition) is 1. The minimum absolute atomic E-state index is 0. The molecule has 3 rings (SSSR count). The van der Waals surface area contributed by atoms with Gasteiger partial charge in [-0.15, -0.1) is 0 Å². The molecule has 1 aromatic rings. The number of rotatable bonds is 4. The number of piperidine rings is 1. The van der Waals surface area contributed by atoms with E-state index in [-0.39, 0.29) is 19.6 Å². The lowest BCUT2D eigenvalue weighted by molar-refractivity contribution is 0.0287. The van der Waals surface area contributed by atoms with E-state index in [1.54, 1.807) is 0 Å². The van der Waals surface area contributed by atoms with Crippen molar-refractivity contribution in [1.29, 1.82) is 0 Å². The Morgan fingerprint density at radius 3 is 2.57 bits per heavy atom. The molecule has 1 saturated heterocycles. The number of benzene rings is 1. The number of para-hydroxylation sites is 2. The van der Waals surface area contributed by atoms with Gasteiger partial charge < -0.3 is 14.8 Å². The molecule has 0 radical (unpaired) electrons. The zero-order valence-electron chi connectivity index (χ0n) is 14.5. The fraction of sp³-hybridized carbons (Fsp3) is 0.667. The Hall–Kier alpha value is -0.910. The summed E-state index contributed by atoms with van der Waals surface area (Å²) < 4.78 is 11.9. The van der Waals surface area contributed by atoms with Crippen LogP contribution in [0.3, 0.4) is 0 Å². The van der Waals surface area contributed by atoms with Gasteiger partial charge in [-0.25, -0.2) is 0 Å². The Morgan fingerprint density at radius 1 is 1.26 bits per heavy atom. The van der Waals surface area contributed by atoms with Crippen LogP contribution in [0.15, 0.2) is 24.3 Å².